The number of amides is 1. The number of carbonyl (C=O) groups is 1. The van der Waals surface area contributed by atoms with Crippen LogP contribution in [-0.2, 0) is 4.79 Å². The fraction of sp³-hybridized carbons (Fsp3) is 0.136. The van der Waals surface area contributed by atoms with E-state index in [-0.39, 0.29) is 10.9 Å². The standard InChI is InChI=1S/C22H19Cl2NO3/c1-14-11-12-18(27-2)17(13-14)25-22(26)21(15-7-4-3-5-8-15)28-19-10-6-9-16(23)20(19)24/h3-13,21H,1-2H3,(H,25,26)/t21-/m1/s1. The molecule has 0 aliphatic rings. The van der Waals surface area contributed by atoms with Crippen molar-refractivity contribution in [2.45, 2.75) is 13.0 Å². The number of rotatable bonds is 6. The highest BCUT2D eigenvalue weighted by molar-refractivity contribution is 6.42. The molecule has 144 valence electrons. The Morgan fingerprint density at radius 1 is 0.964 bits per heavy atom. The number of ether oxygens (including phenoxy) is 2. The van der Waals surface area contributed by atoms with Gasteiger partial charge in [0.2, 0.25) is 6.10 Å². The van der Waals surface area contributed by atoms with Crippen molar-refractivity contribution >= 4 is 34.8 Å². The minimum Gasteiger partial charge on any atom is -0.495 e. The van der Waals surface area contributed by atoms with E-state index in [1.165, 1.54) is 0 Å². The summed E-state index contributed by atoms with van der Waals surface area (Å²) < 4.78 is 11.3. The van der Waals surface area contributed by atoms with Crippen LogP contribution in [0.25, 0.3) is 0 Å². The number of halogens is 2. The minimum absolute atomic E-state index is 0.256. The maximum atomic E-state index is 13.1. The molecule has 3 rings (SSSR count). The van der Waals surface area contributed by atoms with E-state index in [1.807, 2.05) is 49.4 Å². The molecule has 0 spiro atoms. The van der Waals surface area contributed by atoms with E-state index in [1.54, 1.807) is 31.4 Å². The quantitative estimate of drug-likeness (QED) is 0.531. The number of methoxy groups -OCH3 is 1. The third kappa shape index (κ3) is 4.58. The number of hydrogen-bond acceptors (Lipinski definition) is 3. The number of hydrogen-bond donors (Lipinski definition) is 1. The number of carbonyl (C=O) groups excluding carboxylic acids is 1. The summed E-state index contributed by atoms with van der Waals surface area (Å²) in [7, 11) is 1.55. The summed E-state index contributed by atoms with van der Waals surface area (Å²) in [5.41, 5.74) is 2.24. The predicted octanol–water partition coefficient (Wildman–Crippen LogP) is 6.07. The van der Waals surface area contributed by atoms with Crippen LogP contribution in [0.15, 0.2) is 66.7 Å². The second kappa shape index (κ2) is 9.00. The number of benzene rings is 3. The van der Waals surface area contributed by atoms with Crippen LogP contribution in [0.3, 0.4) is 0 Å². The first-order valence-electron chi connectivity index (χ1n) is 8.60. The molecule has 3 aromatic rings. The molecule has 0 aliphatic heterocycles. The van der Waals surface area contributed by atoms with Crippen LogP contribution < -0.4 is 14.8 Å². The van der Waals surface area contributed by atoms with E-state index >= 15 is 0 Å². The zero-order chi connectivity index (χ0) is 20.1. The molecule has 1 atom stereocenters. The monoisotopic (exact) mass is 415 g/mol. The minimum atomic E-state index is -0.928. The van der Waals surface area contributed by atoms with Crippen LogP contribution in [0.4, 0.5) is 5.69 Å². The molecular weight excluding hydrogens is 397 g/mol. The van der Waals surface area contributed by atoms with Gasteiger partial charge in [0.25, 0.3) is 5.91 Å². The van der Waals surface area contributed by atoms with Gasteiger partial charge in [-0.2, -0.15) is 0 Å². The number of anilines is 1. The molecule has 0 unspecified atom stereocenters. The first kappa shape index (κ1) is 20.1. The van der Waals surface area contributed by atoms with Crippen molar-refractivity contribution in [2.24, 2.45) is 0 Å². The molecule has 1 amide bonds. The second-order valence-corrected chi connectivity index (χ2v) is 6.94. The van der Waals surface area contributed by atoms with Crippen LogP contribution in [0.2, 0.25) is 10.0 Å². The van der Waals surface area contributed by atoms with Crippen molar-refractivity contribution in [3.05, 3.63) is 87.9 Å². The molecule has 0 bridgehead atoms. The van der Waals surface area contributed by atoms with Gasteiger partial charge in [-0.15, -0.1) is 0 Å². The number of nitrogens with one attached hydrogen (secondary N) is 1. The lowest BCUT2D eigenvalue weighted by Crippen LogP contribution is -2.26. The summed E-state index contributed by atoms with van der Waals surface area (Å²) >= 11 is 12.3. The number of aryl methyl sites for hydroxylation is 1. The van der Waals surface area contributed by atoms with Crippen molar-refractivity contribution in [3.63, 3.8) is 0 Å². The van der Waals surface area contributed by atoms with Gasteiger partial charge in [0, 0.05) is 5.56 Å². The average molecular weight is 416 g/mol. The lowest BCUT2D eigenvalue weighted by Gasteiger charge is -2.21. The Hall–Kier alpha value is -2.69. The van der Waals surface area contributed by atoms with Crippen LogP contribution in [0.5, 0.6) is 11.5 Å². The smallest absolute Gasteiger partial charge is 0.270 e. The van der Waals surface area contributed by atoms with Crippen LogP contribution >= 0.6 is 23.2 Å². The maximum Gasteiger partial charge on any atom is 0.270 e. The average Bonchev–Trinajstić information content (AvgIpc) is 2.70. The molecule has 1 N–H and O–H groups in total. The Labute approximate surface area is 174 Å². The normalized spacial score (nSPS) is 11.6. The molecule has 0 saturated carbocycles. The van der Waals surface area contributed by atoms with Crippen molar-refractivity contribution in [1.29, 1.82) is 0 Å². The molecule has 0 heterocycles. The van der Waals surface area contributed by atoms with E-state index in [0.29, 0.717) is 27.8 Å². The Morgan fingerprint density at radius 2 is 1.71 bits per heavy atom. The van der Waals surface area contributed by atoms with E-state index in [0.717, 1.165) is 5.56 Å². The van der Waals surface area contributed by atoms with Crippen LogP contribution in [0.1, 0.15) is 17.2 Å². The highest BCUT2D eigenvalue weighted by Gasteiger charge is 2.25. The molecule has 28 heavy (non-hydrogen) atoms. The molecule has 0 saturated heterocycles. The van der Waals surface area contributed by atoms with Gasteiger partial charge in [-0.1, -0.05) is 65.7 Å². The summed E-state index contributed by atoms with van der Waals surface area (Å²) in [6, 6.07) is 19.8. The van der Waals surface area contributed by atoms with Crippen molar-refractivity contribution in [3.8, 4) is 11.5 Å². The Morgan fingerprint density at radius 3 is 2.43 bits per heavy atom. The van der Waals surface area contributed by atoms with Crippen LogP contribution in [0, 0.1) is 6.92 Å². The highest BCUT2D eigenvalue weighted by atomic mass is 35.5. The van der Waals surface area contributed by atoms with Gasteiger partial charge >= 0.3 is 0 Å². The third-order valence-corrected chi connectivity index (χ3v) is 4.92. The lowest BCUT2D eigenvalue weighted by atomic mass is 10.1. The van der Waals surface area contributed by atoms with Crippen molar-refractivity contribution in [1.82, 2.24) is 0 Å². The van der Waals surface area contributed by atoms with Gasteiger partial charge in [0.05, 0.1) is 17.8 Å². The molecule has 0 radical (unpaired) electrons. The van der Waals surface area contributed by atoms with Gasteiger partial charge < -0.3 is 14.8 Å². The van der Waals surface area contributed by atoms with Crippen molar-refractivity contribution < 1.29 is 14.3 Å². The fourth-order valence-electron chi connectivity index (χ4n) is 2.72. The molecule has 4 nitrogen and oxygen atoms in total. The van der Waals surface area contributed by atoms with E-state index in [9.17, 15) is 4.79 Å². The second-order valence-electron chi connectivity index (χ2n) is 6.15. The molecular formula is C22H19Cl2NO3. The zero-order valence-electron chi connectivity index (χ0n) is 15.4. The SMILES string of the molecule is COc1ccc(C)cc1NC(=O)[C@H](Oc1cccc(Cl)c1Cl)c1ccccc1. The molecule has 6 heteroatoms. The first-order valence-corrected chi connectivity index (χ1v) is 9.36. The summed E-state index contributed by atoms with van der Waals surface area (Å²) in [5.74, 6) is 0.534. The Bertz CT molecular complexity index is 977. The summed E-state index contributed by atoms with van der Waals surface area (Å²) in [4.78, 5) is 13.1. The predicted molar refractivity (Wildman–Crippen MR) is 113 cm³/mol. The fourth-order valence-corrected chi connectivity index (χ4v) is 3.06. The molecule has 3 aromatic carbocycles. The first-order chi connectivity index (χ1) is 13.5. The molecule has 0 fully saturated rings. The van der Waals surface area contributed by atoms with Gasteiger partial charge in [0.1, 0.15) is 16.5 Å². The van der Waals surface area contributed by atoms with Gasteiger partial charge in [-0.05, 0) is 36.8 Å². The topological polar surface area (TPSA) is 47.6 Å². The maximum absolute atomic E-state index is 13.1. The van der Waals surface area contributed by atoms with Gasteiger partial charge in [-0.3, -0.25) is 4.79 Å². The third-order valence-electron chi connectivity index (χ3n) is 4.11. The van der Waals surface area contributed by atoms with E-state index in [2.05, 4.69) is 5.32 Å². The summed E-state index contributed by atoms with van der Waals surface area (Å²) in [6.07, 6.45) is -0.928. The van der Waals surface area contributed by atoms with E-state index in [4.69, 9.17) is 32.7 Å². The lowest BCUT2D eigenvalue weighted by molar-refractivity contribution is -0.123. The Balaban J connectivity index is 1.94. The summed E-state index contributed by atoms with van der Waals surface area (Å²) in [6.45, 7) is 1.94. The van der Waals surface area contributed by atoms with Gasteiger partial charge in [0.15, 0.2) is 0 Å². The molecule has 0 aromatic heterocycles. The van der Waals surface area contributed by atoms with Crippen molar-refractivity contribution in [2.75, 3.05) is 12.4 Å². The zero-order valence-corrected chi connectivity index (χ0v) is 16.9. The van der Waals surface area contributed by atoms with E-state index < -0.39 is 6.10 Å². The van der Waals surface area contributed by atoms with Gasteiger partial charge in [-0.25, -0.2) is 0 Å². The Kier molecular flexibility index (Phi) is 6.45. The summed E-state index contributed by atoms with van der Waals surface area (Å²) in [5, 5.41) is 3.50. The largest absolute Gasteiger partial charge is 0.495 e. The van der Waals surface area contributed by atoms with Crippen LogP contribution in [-0.4, -0.2) is 13.0 Å². The molecule has 0 aliphatic carbocycles. The highest BCUT2D eigenvalue weighted by Crippen LogP contribution is 2.35.